The van der Waals surface area contributed by atoms with Gasteiger partial charge in [0.05, 0.1) is 22.3 Å². The van der Waals surface area contributed by atoms with Crippen molar-refractivity contribution in [3.63, 3.8) is 0 Å². The van der Waals surface area contributed by atoms with E-state index in [1.165, 1.54) is 4.88 Å². The number of hydrogen-bond donors (Lipinski definition) is 1. The van der Waals surface area contributed by atoms with Crippen LogP contribution in [-0.2, 0) is 6.54 Å². The third-order valence-corrected chi connectivity index (χ3v) is 5.31. The molecule has 2 aromatic rings. The highest BCUT2D eigenvalue weighted by atomic mass is 35.5. The first-order valence-corrected chi connectivity index (χ1v) is 9.23. The number of piperazine rings is 1. The van der Waals surface area contributed by atoms with E-state index in [9.17, 15) is 0 Å². The van der Waals surface area contributed by atoms with Crippen molar-refractivity contribution >= 4 is 34.6 Å². The predicted octanol–water partition coefficient (Wildman–Crippen LogP) is 3.00. The molecule has 0 spiro atoms. The molecule has 0 aliphatic carbocycles. The van der Waals surface area contributed by atoms with Crippen LogP contribution in [0, 0.1) is 6.92 Å². The molecule has 0 amide bonds. The molecule has 0 radical (unpaired) electrons. The zero-order chi connectivity index (χ0) is 16.9. The molecule has 1 fully saturated rings. The van der Waals surface area contributed by atoms with Gasteiger partial charge < -0.3 is 15.1 Å². The molecule has 0 saturated carbocycles. The van der Waals surface area contributed by atoms with Crippen LogP contribution < -0.4 is 10.2 Å². The molecule has 7 heteroatoms. The molecule has 0 bridgehead atoms. The Morgan fingerprint density at radius 3 is 2.67 bits per heavy atom. The monoisotopic (exact) mass is 363 g/mol. The second kappa shape index (κ2) is 7.85. The standard InChI is InChI=1S/C17H22ClN5S/c1-13-20-11-14(24-13)12-21-17(19-2)23-9-7-22(8-10-23)16-6-4-3-5-15(16)18/h3-6,11H,7-10,12H2,1-2H3,(H,19,21). The summed E-state index contributed by atoms with van der Waals surface area (Å²) in [5.74, 6) is 0.944. The predicted molar refractivity (Wildman–Crippen MR) is 102 cm³/mol. The Balaban J connectivity index is 1.55. The summed E-state index contributed by atoms with van der Waals surface area (Å²) in [4.78, 5) is 14.6. The highest BCUT2D eigenvalue weighted by molar-refractivity contribution is 7.11. The van der Waals surface area contributed by atoms with Crippen LogP contribution in [0.3, 0.4) is 0 Å². The molecule has 5 nitrogen and oxygen atoms in total. The summed E-state index contributed by atoms with van der Waals surface area (Å²) in [7, 11) is 1.83. The molecule has 1 aliphatic rings. The number of para-hydroxylation sites is 1. The highest BCUT2D eigenvalue weighted by Gasteiger charge is 2.21. The second-order valence-corrected chi connectivity index (χ2v) is 7.40. The summed E-state index contributed by atoms with van der Waals surface area (Å²) in [6.07, 6.45) is 1.93. The lowest BCUT2D eigenvalue weighted by Crippen LogP contribution is -2.52. The van der Waals surface area contributed by atoms with Gasteiger partial charge in [-0.1, -0.05) is 23.7 Å². The summed E-state index contributed by atoms with van der Waals surface area (Å²) in [6, 6.07) is 8.03. The van der Waals surface area contributed by atoms with Crippen molar-refractivity contribution in [3.05, 3.63) is 45.4 Å². The molecule has 2 heterocycles. The van der Waals surface area contributed by atoms with Crippen molar-refractivity contribution in [2.75, 3.05) is 38.1 Å². The largest absolute Gasteiger partial charge is 0.367 e. The smallest absolute Gasteiger partial charge is 0.194 e. The van der Waals surface area contributed by atoms with Crippen LogP contribution in [0.25, 0.3) is 0 Å². The van der Waals surface area contributed by atoms with Crippen LogP contribution in [-0.4, -0.2) is 49.1 Å². The van der Waals surface area contributed by atoms with Gasteiger partial charge in [-0.15, -0.1) is 11.3 Å². The average Bonchev–Trinajstić information content (AvgIpc) is 3.02. The molecule has 1 aliphatic heterocycles. The summed E-state index contributed by atoms with van der Waals surface area (Å²) in [5, 5.41) is 5.34. The lowest BCUT2D eigenvalue weighted by Gasteiger charge is -2.38. The normalized spacial score (nSPS) is 15.7. The number of guanidine groups is 1. The zero-order valence-corrected chi connectivity index (χ0v) is 15.6. The van der Waals surface area contributed by atoms with Crippen LogP contribution >= 0.6 is 22.9 Å². The molecule has 24 heavy (non-hydrogen) atoms. The van der Waals surface area contributed by atoms with E-state index in [0.29, 0.717) is 0 Å². The van der Waals surface area contributed by atoms with Crippen LogP contribution in [0.5, 0.6) is 0 Å². The zero-order valence-electron chi connectivity index (χ0n) is 14.0. The van der Waals surface area contributed by atoms with E-state index in [1.807, 2.05) is 38.4 Å². The van der Waals surface area contributed by atoms with Crippen LogP contribution in [0.15, 0.2) is 35.5 Å². The number of halogens is 1. The van der Waals surface area contributed by atoms with Crippen molar-refractivity contribution in [2.24, 2.45) is 4.99 Å². The van der Waals surface area contributed by atoms with Gasteiger partial charge in [-0.3, -0.25) is 4.99 Å². The van der Waals surface area contributed by atoms with Gasteiger partial charge >= 0.3 is 0 Å². The molecule has 128 valence electrons. The van der Waals surface area contributed by atoms with E-state index in [4.69, 9.17) is 11.6 Å². The van der Waals surface area contributed by atoms with E-state index in [1.54, 1.807) is 11.3 Å². The van der Waals surface area contributed by atoms with Gasteiger partial charge in [-0.25, -0.2) is 4.98 Å². The van der Waals surface area contributed by atoms with Crippen LogP contribution in [0.2, 0.25) is 5.02 Å². The fourth-order valence-corrected chi connectivity index (χ4v) is 3.84. The number of rotatable bonds is 3. The van der Waals surface area contributed by atoms with Crippen LogP contribution in [0.4, 0.5) is 5.69 Å². The molecule has 0 unspecified atom stereocenters. The third-order valence-electron chi connectivity index (χ3n) is 4.07. The maximum Gasteiger partial charge on any atom is 0.194 e. The molecule has 1 saturated heterocycles. The van der Waals surface area contributed by atoms with Crippen molar-refractivity contribution in [3.8, 4) is 0 Å². The number of aromatic nitrogens is 1. The van der Waals surface area contributed by atoms with Gasteiger partial charge in [0.15, 0.2) is 5.96 Å². The van der Waals surface area contributed by atoms with Crippen LogP contribution in [0.1, 0.15) is 9.88 Å². The Morgan fingerprint density at radius 1 is 1.29 bits per heavy atom. The molecule has 3 rings (SSSR count). The molecule has 0 atom stereocenters. The number of nitrogens with zero attached hydrogens (tertiary/aromatic N) is 4. The minimum Gasteiger partial charge on any atom is -0.367 e. The van der Waals surface area contributed by atoms with E-state index in [-0.39, 0.29) is 0 Å². The molecule has 1 N–H and O–H groups in total. The Hall–Kier alpha value is -1.79. The Kier molecular flexibility index (Phi) is 5.58. The van der Waals surface area contributed by atoms with Crippen molar-refractivity contribution < 1.29 is 0 Å². The number of aliphatic imine (C=N–C) groups is 1. The van der Waals surface area contributed by atoms with Gasteiger partial charge in [-0.05, 0) is 19.1 Å². The topological polar surface area (TPSA) is 43.8 Å². The lowest BCUT2D eigenvalue weighted by molar-refractivity contribution is 0.372. The number of nitrogens with one attached hydrogen (secondary N) is 1. The number of benzene rings is 1. The van der Waals surface area contributed by atoms with Gasteiger partial charge in [0.25, 0.3) is 0 Å². The number of thiazole rings is 1. The summed E-state index contributed by atoms with van der Waals surface area (Å²) >= 11 is 8.02. The quantitative estimate of drug-likeness (QED) is 0.672. The van der Waals surface area contributed by atoms with E-state index in [0.717, 1.165) is 54.4 Å². The molecule has 1 aromatic carbocycles. The van der Waals surface area contributed by atoms with Crippen molar-refractivity contribution in [2.45, 2.75) is 13.5 Å². The van der Waals surface area contributed by atoms with Gasteiger partial charge in [0, 0.05) is 44.3 Å². The molecular formula is C17H22ClN5S. The van der Waals surface area contributed by atoms with Crippen molar-refractivity contribution in [1.82, 2.24) is 15.2 Å². The first-order chi connectivity index (χ1) is 11.7. The fourth-order valence-electron chi connectivity index (χ4n) is 2.85. The van der Waals surface area contributed by atoms with Gasteiger partial charge in [0.1, 0.15) is 0 Å². The summed E-state index contributed by atoms with van der Waals surface area (Å²) in [6.45, 7) is 6.51. The van der Waals surface area contributed by atoms with Gasteiger partial charge in [0.2, 0.25) is 0 Å². The Morgan fingerprint density at radius 2 is 2.04 bits per heavy atom. The minimum atomic E-state index is 0.767. The number of anilines is 1. The third kappa shape index (κ3) is 3.99. The molecule has 1 aromatic heterocycles. The first-order valence-electron chi connectivity index (χ1n) is 8.04. The van der Waals surface area contributed by atoms with E-state index < -0.39 is 0 Å². The Bertz CT molecular complexity index is 707. The number of aryl methyl sites for hydroxylation is 1. The van der Waals surface area contributed by atoms with Crippen molar-refractivity contribution in [1.29, 1.82) is 0 Å². The van der Waals surface area contributed by atoms with E-state index >= 15 is 0 Å². The molecular weight excluding hydrogens is 342 g/mol. The lowest BCUT2D eigenvalue weighted by atomic mass is 10.2. The second-order valence-electron chi connectivity index (χ2n) is 5.67. The highest BCUT2D eigenvalue weighted by Crippen LogP contribution is 2.26. The summed E-state index contributed by atoms with van der Waals surface area (Å²) < 4.78 is 0. The average molecular weight is 364 g/mol. The maximum absolute atomic E-state index is 6.31. The fraction of sp³-hybridized carbons (Fsp3) is 0.412. The summed E-state index contributed by atoms with van der Waals surface area (Å²) in [5.41, 5.74) is 1.11. The number of hydrogen-bond acceptors (Lipinski definition) is 4. The maximum atomic E-state index is 6.31. The van der Waals surface area contributed by atoms with Gasteiger partial charge in [-0.2, -0.15) is 0 Å². The first kappa shape index (κ1) is 17.0. The SMILES string of the molecule is CN=C(NCc1cnc(C)s1)N1CCN(c2ccccc2Cl)CC1. The minimum absolute atomic E-state index is 0.767. The van der Waals surface area contributed by atoms with E-state index in [2.05, 4.69) is 31.2 Å². The Labute approximate surface area is 152 Å².